The second-order valence-electron chi connectivity index (χ2n) is 5.13. The van der Waals surface area contributed by atoms with Crippen molar-refractivity contribution in [3.05, 3.63) is 47.2 Å². The highest BCUT2D eigenvalue weighted by Gasteiger charge is 2.30. The monoisotopic (exact) mass is 312 g/mol. The quantitative estimate of drug-likeness (QED) is 0.915. The van der Waals surface area contributed by atoms with E-state index in [1.54, 1.807) is 6.92 Å². The third kappa shape index (κ3) is 3.47. The van der Waals surface area contributed by atoms with Crippen LogP contribution < -0.4 is 5.32 Å². The summed E-state index contributed by atoms with van der Waals surface area (Å²) in [5.41, 5.74) is -0.311. The third-order valence-corrected chi connectivity index (χ3v) is 2.96. The number of aromatic nitrogens is 1. The lowest BCUT2D eigenvalue weighted by Gasteiger charge is -2.10. The Balaban J connectivity index is 2.26. The minimum Gasteiger partial charge on any atom is -0.436 e. The molecule has 0 saturated heterocycles. The Hall–Kier alpha value is -2.31. The normalized spacial score (nSPS) is 11.8. The molecule has 0 unspecified atom stereocenters. The van der Waals surface area contributed by atoms with Crippen molar-refractivity contribution in [3.8, 4) is 0 Å². The number of nitrogens with zero attached hydrogens (tertiary/aromatic N) is 1. The van der Waals surface area contributed by atoms with Gasteiger partial charge in [-0.25, -0.2) is 4.98 Å². The van der Waals surface area contributed by atoms with Gasteiger partial charge in [-0.3, -0.25) is 4.79 Å². The smallest absolute Gasteiger partial charge is 0.416 e. The van der Waals surface area contributed by atoms with Gasteiger partial charge in [-0.05, 0) is 24.1 Å². The summed E-state index contributed by atoms with van der Waals surface area (Å²) in [6, 6.07) is 4.42. The molecule has 0 saturated carbocycles. The maximum atomic E-state index is 12.7. The van der Waals surface area contributed by atoms with E-state index >= 15 is 0 Å². The van der Waals surface area contributed by atoms with E-state index in [1.165, 1.54) is 12.1 Å². The van der Waals surface area contributed by atoms with Crippen molar-refractivity contribution in [2.45, 2.75) is 32.9 Å². The van der Waals surface area contributed by atoms with Crippen molar-refractivity contribution >= 4 is 11.6 Å². The summed E-state index contributed by atoms with van der Waals surface area (Å²) in [4.78, 5) is 16.3. The molecule has 0 fully saturated rings. The zero-order valence-corrected chi connectivity index (χ0v) is 12.3. The first-order valence-corrected chi connectivity index (χ1v) is 6.64. The molecule has 2 rings (SSSR count). The molecular formula is C15H15F3N2O2. The predicted molar refractivity (Wildman–Crippen MR) is 74.7 cm³/mol. The molecule has 0 aliphatic heterocycles. The maximum absolute atomic E-state index is 12.7. The van der Waals surface area contributed by atoms with E-state index in [2.05, 4.69) is 10.3 Å². The Morgan fingerprint density at radius 2 is 2.00 bits per heavy atom. The van der Waals surface area contributed by atoms with Crippen LogP contribution in [0.3, 0.4) is 0 Å². The topological polar surface area (TPSA) is 55.1 Å². The fourth-order valence-electron chi connectivity index (χ4n) is 1.96. The van der Waals surface area contributed by atoms with Crippen molar-refractivity contribution in [1.82, 2.24) is 4.98 Å². The van der Waals surface area contributed by atoms with Crippen LogP contribution in [0.4, 0.5) is 18.9 Å². The molecule has 0 atom stereocenters. The molecule has 2 aromatic rings. The number of aryl methyl sites for hydroxylation is 1. The van der Waals surface area contributed by atoms with Crippen LogP contribution >= 0.6 is 0 Å². The van der Waals surface area contributed by atoms with Gasteiger partial charge in [-0.2, -0.15) is 13.2 Å². The average molecular weight is 312 g/mol. The summed E-state index contributed by atoms with van der Waals surface area (Å²) in [7, 11) is 0. The maximum Gasteiger partial charge on any atom is 0.416 e. The first-order chi connectivity index (χ1) is 10.2. The zero-order chi connectivity index (χ0) is 16.5. The number of anilines is 1. The van der Waals surface area contributed by atoms with Crippen LogP contribution in [-0.2, 0) is 6.18 Å². The van der Waals surface area contributed by atoms with Gasteiger partial charge in [0, 0.05) is 12.6 Å². The van der Waals surface area contributed by atoms with Crippen LogP contribution in [0.25, 0.3) is 0 Å². The van der Waals surface area contributed by atoms with Crippen molar-refractivity contribution in [3.63, 3.8) is 0 Å². The van der Waals surface area contributed by atoms with E-state index < -0.39 is 17.6 Å². The van der Waals surface area contributed by atoms with E-state index in [0.717, 1.165) is 12.1 Å². The van der Waals surface area contributed by atoms with Crippen LogP contribution in [0.15, 0.2) is 28.7 Å². The summed E-state index contributed by atoms with van der Waals surface area (Å²) in [5, 5.41) is 2.41. The highest BCUT2D eigenvalue weighted by atomic mass is 19.4. The largest absolute Gasteiger partial charge is 0.436 e. The molecule has 118 valence electrons. The van der Waals surface area contributed by atoms with Gasteiger partial charge >= 0.3 is 6.18 Å². The minimum atomic E-state index is -4.47. The molecule has 1 aromatic carbocycles. The number of nitrogens with one attached hydrogen (secondary N) is 1. The lowest BCUT2D eigenvalue weighted by atomic mass is 10.1. The van der Waals surface area contributed by atoms with Gasteiger partial charge in [0.2, 0.25) is 5.76 Å². The van der Waals surface area contributed by atoms with E-state index in [0.29, 0.717) is 11.6 Å². The number of alkyl halides is 3. The third-order valence-electron chi connectivity index (χ3n) is 2.96. The molecule has 1 aromatic heterocycles. The fourth-order valence-corrected chi connectivity index (χ4v) is 1.96. The van der Waals surface area contributed by atoms with Gasteiger partial charge in [-0.1, -0.05) is 19.9 Å². The van der Waals surface area contributed by atoms with E-state index in [-0.39, 0.29) is 17.4 Å². The standard InChI is InChI=1S/C15H15F3N2O2/c1-8(2)12-13(22-9(3)19-12)14(21)20-11-6-4-5-10(7-11)15(16,17)18/h4-8H,1-3H3,(H,20,21). The van der Waals surface area contributed by atoms with Crippen LogP contribution in [0, 0.1) is 6.92 Å². The van der Waals surface area contributed by atoms with E-state index in [1.807, 2.05) is 13.8 Å². The SMILES string of the molecule is Cc1nc(C(C)C)c(C(=O)Nc2cccc(C(F)(F)F)c2)o1. The Labute approximate surface area is 125 Å². The summed E-state index contributed by atoms with van der Waals surface area (Å²) in [5.74, 6) is -0.314. The highest BCUT2D eigenvalue weighted by Crippen LogP contribution is 2.31. The summed E-state index contributed by atoms with van der Waals surface area (Å²) < 4.78 is 43.2. The first kappa shape index (κ1) is 16.1. The number of amides is 1. The number of halogens is 3. The molecule has 0 aliphatic rings. The number of rotatable bonds is 3. The number of benzene rings is 1. The van der Waals surface area contributed by atoms with Crippen molar-refractivity contribution in [2.24, 2.45) is 0 Å². The van der Waals surface area contributed by atoms with Gasteiger partial charge < -0.3 is 9.73 Å². The van der Waals surface area contributed by atoms with E-state index in [4.69, 9.17) is 4.42 Å². The van der Waals surface area contributed by atoms with Gasteiger partial charge in [0.25, 0.3) is 5.91 Å². The van der Waals surface area contributed by atoms with Gasteiger partial charge in [0.1, 0.15) is 0 Å². The molecule has 0 spiro atoms. The lowest BCUT2D eigenvalue weighted by molar-refractivity contribution is -0.137. The molecule has 0 radical (unpaired) electrons. The first-order valence-electron chi connectivity index (χ1n) is 6.64. The number of oxazole rings is 1. The Morgan fingerprint density at radius 3 is 2.59 bits per heavy atom. The van der Waals surface area contributed by atoms with Crippen molar-refractivity contribution in [2.75, 3.05) is 5.32 Å². The summed E-state index contributed by atoms with van der Waals surface area (Å²) in [6.45, 7) is 5.30. The minimum absolute atomic E-state index is 0.0184. The van der Waals surface area contributed by atoms with Gasteiger partial charge in [0.15, 0.2) is 5.89 Å². The van der Waals surface area contributed by atoms with E-state index in [9.17, 15) is 18.0 Å². The summed E-state index contributed by atoms with van der Waals surface area (Å²) >= 11 is 0. The van der Waals surface area contributed by atoms with Crippen LogP contribution in [0.2, 0.25) is 0 Å². The molecule has 0 aliphatic carbocycles. The van der Waals surface area contributed by atoms with Gasteiger partial charge in [-0.15, -0.1) is 0 Å². The molecular weight excluding hydrogens is 297 g/mol. The van der Waals surface area contributed by atoms with Gasteiger partial charge in [0.05, 0.1) is 11.3 Å². The molecule has 7 heteroatoms. The predicted octanol–water partition coefficient (Wildman–Crippen LogP) is 4.38. The number of carbonyl (C=O) groups excluding carboxylic acids is 1. The molecule has 22 heavy (non-hydrogen) atoms. The van der Waals surface area contributed by atoms with Crippen LogP contribution in [-0.4, -0.2) is 10.9 Å². The Bertz CT molecular complexity index is 690. The number of hydrogen-bond donors (Lipinski definition) is 1. The Kier molecular flexibility index (Phi) is 4.25. The van der Waals surface area contributed by atoms with Crippen LogP contribution in [0.5, 0.6) is 0 Å². The summed E-state index contributed by atoms with van der Waals surface area (Å²) in [6.07, 6.45) is -4.47. The number of hydrogen-bond acceptors (Lipinski definition) is 3. The second kappa shape index (κ2) is 5.82. The Morgan fingerprint density at radius 1 is 1.32 bits per heavy atom. The fraction of sp³-hybridized carbons (Fsp3) is 0.333. The van der Waals surface area contributed by atoms with Crippen molar-refractivity contribution in [1.29, 1.82) is 0 Å². The molecule has 4 nitrogen and oxygen atoms in total. The van der Waals surface area contributed by atoms with Crippen LogP contribution in [0.1, 0.15) is 47.5 Å². The molecule has 1 heterocycles. The highest BCUT2D eigenvalue weighted by molar-refractivity contribution is 6.03. The molecule has 1 amide bonds. The zero-order valence-electron chi connectivity index (χ0n) is 12.3. The molecule has 1 N–H and O–H groups in total. The second-order valence-corrected chi connectivity index (χ2v) is 5.13. The lowest BCUT2D eigenvalue weighted by Crippen LogP contribution is -2.14. The van der Waals surface area contributed by atoms with Crippen molar-refractivity contribution < 1.29 is 22.4 Å². The average Bonchev–Trinajstić information content (AvgIpc) is 2.80. The number of carbonyl (C=O) groups is 1. The molecule has 0 bridgehead atoms.